The Bertz CT molecular complexity index is 428. The molecule has 0 atom stereocenters. The Balaban J connectivity index is 1.93. The van der Waals surface area contributed by atoms with Crippen LogP contribution in [0.15, 0.2) is 18.2 Å². The van der Waals surface area contributed by atoms with Crippen molar-refractivity contribution in [3.8, 4) is 0 Å². The number of hydrogen-bond acceptors (Lipinski definition) is 2. The average Bonchev–Trinajstić information content (AvgIpc) is 2.75. The molecule has 1 N–H and O–H groups in total. The molecule has 2 heterocycles. The van der Waals surface area contributed by atoms with Gasteiger partial charge in [-0.2, -0.15) is 0 Å². The number of rotatable bonds is 1. The molecule has 2 aliphatic rings. The first-order chi connectivity index (χ1) is 7.84. The summed E-state index contributed by atoms with van der Waals surface area (Å²) in [4.78, 5) is 13.6. The van der Waals surface area contributed by atoms with Gasteiger partial charge in [0.15, 0.2) is 0 Å². The van der Waals surface area contributed by atoms with Gasteiger partial charge in [0.1, 0.15) is 0 Å². The maximum absolute atomic E-state index is 11.7. The highest BCUT2D eigenvalue weighted by atomic mass is 16.2. The first-order valence-corrected chi connectivity index (χ1v) is 6.02. The predicted molar refractivity (Wildman–Crippen MR) is 64.8 cm³/mol. The van der Waals surface area contributed by atoms with Gasteiger partial charge in [0.25, 0.3) is 0 Å². The third kappa shape index (κ3) is 1.56. The summed E-state index contributed by atoms with van der Waals surface area (Å²) >= 11 is 0. The molecule has 0 radical (unpaired) electrons. The minimum atomic E-state index is 0.267. The molecule has 0 bridgehead atoms. The van der Waals surface area contributed by atoms with E-state index in [2.05, 4.69) is 23.5 Å². The number of fused-ring (bicyclic) bond motifs is 1. The van der Waals surface area contributed by atoms with Gasteiger partial charge < -0.3 is 10.2 Å². The Morgan fingerprint density at radius 3 is 2.94 bits per heavy atom. The predicted octanol–water partition coefficient (Wildman–Crippen LogP) is 2.17. The Kier molecular flexibility index (Phi) is 2.31. The average molecular weight is 216 g/mol. The number of benzene rings is 1. The molecule has 1 aromatic rings. The van der Waals surface area contributed by atoms with Gasteiger partial charge in [0.05, 0.1) is 0 Å². The van der Waals surface area contributed by atoms with E-state index < -0.39 is 0 Å². The molecule has 2 aliphatic heterocycles. The molecule has 84 valence electrons. The van der Waals surface area contributed by atoms with Crippen LogP contribution in [0.4, 0.5) is 11.4 Å². The fraction of sp³-hybridized carbons (Fsp3) is 0.462. The van der Waals surface area contributed by atoms with Gasteiger partial charge in [0, 0.05) is 30.9 Å². The SMILES string of the molecule is O=C1CCCN1c1ccc2c(c1)CCCN2. The van der Waals surface area contributed by atoms with Gasteiger partial charge in [-0.3, -0.25) is 4.79 Å². The van der Waals surface area contributed by atoms with Gasteiger partial charge in [-0.25, -0.2) is 0 Å². The Morgan fingerprint density at radius 1 is 1.19 bits per heavy atom. The summed E-state index contributed by atoms with van der Waals surface area (Å²) in [6.45, 7) is 1.94. The van der Waals surface area contributed by atoms with Crippen molar-refractivity contribution >= 4 is 17.3 Å². The van der Waals surface area contributed by atoms with Crippen LogP contribution in [-0.4, -0.2) is 19.0 Å². The van der Waals surface area contributed by atoms with Gasteiger partial charge >= 0.3 is 0 Å². The number of amides is 1. The smallest absolute Gasteiger partial charge is 0.227 e. The largest absolute Gasteiger partial charge is 0.385 e. The number of carbonyl (C=O) groups is 1. The van der Waals surface area contributed by atoms with E-state index in [1.165, 1.54) is 17.7 Å². The van der Waals surface area contributed by atoms with Crippen LogP contribution in [0.5, 0.6) is 0 Å². The quantitative estimate of drug-likeness (QED) is 0.780. The van der Waals surface area contributed by atoms with Crippen LogP contribution in [0.1, 0.15) is 24.8 Å². The number of aryl methyl sites for hydroxylation is 1. The van der Waals surface area contributed by atoms with Crippen molar-refractivity contribution in [2.75, 3.05) is 23.3 Å². The lowest BCUT2D eigenvalue weighted by molar-refractivity contribution is -0.117. The normalized spacial score (nSPS) is 19.5. The number of carbonyl (C=O) groups excluding carboxylic acids is 1. The van der Waals surface area contributed by atoms with E-state index in [9.17, 15) is 4.79 Å². The molecule has 1 fully saturated rings. The molecule has 0 saturated carbocycles. The van der Waals surface area contributed by atoms with E-state index in [1.807, 2.05) is 4.90 Å². The Morgan fingerprint density at radius 2 is 2.12 bits per heavy atom. The zero-order valence-corrected chi connectivity index (χ0v) is 9.33. The highest BCUT2D eigenvalue weighted by Gasteiger charge is 2.22. The van der Waals surface area contributed by atoms with E-state index in [1.54, 1.807) is 0 Å². The second-order valence-corrected chi connectivity index (χ2v) is 4.52. The maximum atomic E-state index is 11.7. The van der Waals surface area contributed by atoms with Crippen LogP contribution in [0.25, 0.3) is 0 Å². The topological polar surface area (TPSA) is 32.3 Å². The molecule has 3 rings (SSSR count). The standard InChI is InChI=1S/C13H16N2O/c16-13-4-2-8-15(13)11-5-6-12-10(9-11)3-1-7-14-12/h5-6,9,14H,1-4,7-8H2. The Labute approximate surface area is 95.4 Å². The third-order valence-corrected chi connectivity index (χ3v) is 3.41. The molecule has 3 nitrogen and oxygen atoms in total. The summed E-state index contributed by atoms with van der Waals surface area (Å²) in [5.41, 5.74) is 3.66. The molecular formula is C13H16N2O. The number of nitrogens with zero attached hydrogens (tertiary/aromatic N) is 1. The molecule has 1 saturated heterocycles. The highest BCUT2D eigenvalue weighted by Crippen LogP contribution is 2.29. The zero-order chi connectivity index (χ0) is 11.0. The molecule has 0 spiro atoms. The minimum Gasteiger partial charge on any atom is -0.385 e. The number of nitrogens with one attached hydrogen (secondary N) is 1. The van der Waals surface area contributed by atoms with E-state index >= 15 is 0 Å². The van der Waals surface area contributed by atoms with E-state index in [0.717, 1.165) is 31.6 Å². The lowest BCUT2D eigenvalue weighted by atomic mass is 10.0. The number of hydrogen-bond donors (Lipinski definition) is 1. The second kappa shape index (κ2) is 3.81. The fourth-order valence-corrected chi connectivity index (χ4v) is 2.55. The monoisotopic (exact) mass is 216 g/mol. The molecule has 3 heteroatoms. The van der Waals surface area contributed by atoms with E-state index in [-0.39, 0.29) is 5.91 Å². The Hall–Kier alpha value is -1.51. The molecule has 1 aromatic carbocycles. The zero-order valence-electron chi connectivity index (χ0n) is 9.33. The van der Waals surface area contributed by atoms with Gasteiger partial charge in [-0.15, -0.1) is 0 Å². The van der Waals surface area contributed by atoms with Crippen molar-refractivity contribution < 1.29 is 4.79 Å². The van der Waals surface area contributed by atoms with Crippen LogP contribution in [0.3, 0.4) is 0 Å². The molecule has 16 heavy (non-hydrogen) atoms. The first-order valence-electron chi connectivity index (χ1n) is 6.02. The van der Waals surface area contributed by atoms with Crippen LogP contribution < -0.4 is 10.2 Å². The second-order valence-electron chi connectivity index (χ2n) is 4.52. The van der Waals surface area contributed by atoms with Crippen molar-refractivity contribution in [2.24, 2.45) is 0 Å². The maximum Gasteiger partial charge on any atom is 0.227 e. The lowest BCUT2D eigenvalue weighted by Crippen LogP contribution is -2.24. The third-order valence-electron chi connectivity index (χ3n) is 3.41. The fourth-order valence-electron chi connectivity index (χ4n) is 2.55. The van der Waals surface area contributed by atoms with Crippen molar-refractivity contribution in [3.63, 3.8) is 0 Å². The molecule has 0 aromatic heterocycles. The molecule has 0 aliphatic carbocycles. The van der Waals surface area contributed by atoms with E-state index in [0.29, 0.717) is 6.42 Å². The van der Waals surface area contributed by atoms with Gasteiger partial charge in [0.2, 0.25) is 5.91 Å². The van der Waals surface area contributed by atoms with Gasteiger partial charge in [-0.05, 0) is 43.0 Å². The molecular weight excluding hydrogens is 200 g/mol. The summed E-state index contributed by atoms with van der Waals surface area (Å²) in [6, 6.07) is 6.33. The van der Waals surface area contributed by atoms with Crippen LogP contribution in [-0.2, 0) is 11.2 Å². The summed E-state index contributed by atoms with van der Waals surface area (Å²) in [5.74, 6) is 0.267. The van der Waals surface area contributed by atoms with Crippen molar-refractivity contribution in [2.45, 2.75) is 25.7 Å². The van der Waals surface area contributed by atoms with Crippen LogP contribution >= 0.6 is 0 Å². The summed E-state index contributed by atoms with van der Waals surface area (Å²) in [7, 11) is 0. The minimum absolute atomic E-state index is 0.267. The van der Waals surface area contributed by atoms with Crippen molar-refractivity contribution in [3.05, 3.63) is 23.8 Å². The molecule has 0 unspecified atom stereocenters. The molecule has 1 amide bonds. The lowest BCUT2D eigenvalue weighted by Gasteiger charge is -2.22. The highest BCUT2D eigenvalue weighted by molar-refractivity contribution is 5.95. The van der Waals surface area contributed by atoms with Crippen molar-refractivity contribution in [1.82, 2.24) is 0 Å². The summed E-state index contributed by atoms with van der Waals surface area (Å²) < 4.78 is 0. The van der Waals surface area contributed by atoms with Crippen molar-refractivity contribution in [1.29, 1.82) is 0 Å². The summed E-state index contributed by atoms with van der Waals surface area (Å²) in [6.07, 6.45) is 4.01. The van der Waals surface area contributed by atoms with Gasteiger partial charge in [-0.1, -0.05) is 0 Å². The van der Waals surface area contributed by atoms with Crippen LogP contribution in [0.2, 0.25) is 0 Å². The van der Waals surface area contributed by atoms with E-state index in [4.69, 9.17) is 0 Å². The number of anilines is 2. The first kappa shape index (κ1) is 9.70. The van der Waals surface area contributed by atoms with Crippen LogP contribution in [0, 0.1) is 0 Å². The summed E-state index contributed by atoms with van der Waals surface area (Å²) in [5, 5.41) is 3.39.